The van der Waals surface area contributed by atoms with Gasteiger partial charge in [-0.05, 0) is 79.0 Å². The Labute approximate surface area is 142 Å². The molecule has 0 saturated heterocycles. The zero-order chi connectivity index (χ0) is 16.1. The van der Waals surface area contributed by atoms with Crippen LogP contribution in [-0.4, -0.2) is 19.4 Å². The lowest BCUT2D eigenvalue weighted by molar-refractivity contribution is 0.112. The molecule has 0 amide bonds. The molecule has 2 aliphatic carbocycles. The average molecular weight is 319 g/mol. The Kier molecular flexibility index (Phi) is 3.15. The summed E-state index contributed by atoms with van der Waals surface area (Å²) in [5.74, 6) is 2.34. The molecule has 3 heteroatoms. The Hall–Kier alpha value is -2.29. The van der Waals surface area contributed by atoms with E-state index < -0.39 is 0 Å². The van der Waals surface area contributed by atoms with Crippen LogP contribution in [0.3, 0.4) is 0 Å². The maximum Gasteiger partial charge on any atom is 0.150 e. The molecular weight excluding hydrogens is 298 g/mol. The van der Waals surface area contributed by atoms with Gasteiger partial charge >= 0.3 is 0 Å². The lowest BCUT2D eigenvalue weighted by Gasteiger charge is -2.32. The zero-order valence-electron chi connectivity index (χ0n) is 13.7. The monoisotopic (exact) mass is 319 g/mol. The second kappa shape index (κ2) is 5.37. The summed E-state index contributed by atoms with van der Waals surface area (Å²) in [7, 11) is 0. The molecule has 0 aromatic heterocycles. The summed E-state index contributed by atoms with van der Waals surface area (Å²) < 4.78 is 5.80. The van der Waals surface area contributed by atoms with Crippen LogP contribution in [0.1, 0.15) is 59.0 Å². The Bertz CT molecular complexity index is 775. The fourth-order valence-electron chi connectivity index (χ4n) is 3.70. The first-order valence-corrected chi connectivity index (χ1v) is 8.96. The van der Waals surface area contributed by atoms with Crippen LogP contribution in [0.4, 0.5) is 11.4 Å². The molecule has 122 valence electrons. The molecule has 1 heterocycles. The molecule has 1 aliphatic heterocycles. The van der Waals surface area contributed by atoms with Crippen LogP contribution in [0.2, 0.25) is 0 Å². The number of carbonyl (C=O) groups is 1. The molecule has 0 bridgehead atoms. The molecule has 2 fully saturated rings. The van der Waals surface area contributed by atoms with Gasteiger partial charge in [-0.2, -0.15) is 0 Å². The number of ether oxygens (including phenoxy) is 1. The molecule has 24 heavy (non-hydrogen) atoms. The van der Waals surface area contributed by atoms with Crippen LogP contribution in [0, 0.1) is 0 Å². The summed E-state index contributed by atoms with van der Waals surface area (Å²) in [6.07, 6.45) is 6.19. The van der Waals surface area contributed by atoms with Crippen LogP contribution in [0.25, 0.3) is 0 Å². The normalized spacial score (nSPS) is 19.6. The highest BCUT2D eigenvalue weighted by Gasteiger charge is 2.30. The number of hydrogen-bond donors (Lipinski definition) is 0. The van der Waals surface area contributed by atoms with Crippen LogP contribution < -0.4 is 9.64 Å². The van der Waals surface area contributed by atoms with Crippen LogP contribution in [-0.2, 0) is 0 Å². The predicted octanol–water partition coefficient (Wildman–Crippen LogP) is 4.78. The first kappa shape index (κ1) is 14.1. The van der Waals surface area contributed by atoms with E-state index in [-0.39, 0.29) is 0 Å². The molecule has 3 nitrogen and oxygen atoms in total. The van der Waals surface area contributed by atoms with Crippen molar-refractivity contribution in [2.45, 2.75) is 37.5 Å². The predicted molar refractivity (Wildman–Crippen MR) is 94.7 cm³/mol. The molecule has 0 radical (unpaired) electrons. The molecule has 2 saturated carbocycles. The van der Waals surface area contributed by atoms with Gasteiger partial charge in [0.15, 0.2) is 0 Å². The van der Waals surface area contributed by atoms with Gasteiger partial charge in [0, 0.05) is 11.3 Å². The molecular formula is C21H21NO2. The van der Waals surface area contributed by atoms with Gasteiger partial charge < -0.3 is 9.64 Å². The second-order valence-corrected chi connectivity index (χ2v) is 7.25. The Morgan fingerprint density at radius 2 is 1.67 bits per heavy atom. The van der Waals surface area contributed by atoms with Crippen LogP contribution >= 0.6 is 0 Å². The number of carbonyl (C=O) groups excluding carboxylic acids is 1. The lowest BCUT2D eigenvalue weighted by atomic mass is 10.0. The minimum absolute atomic E-state index is 0.654. The SMILES string of the molecule is O=Cc1ccc2c(c1)OCCN2c1cc(C2CC2)cc(C2CC2)c1. The van der Waals surface area contributed by atoms with E-state index in [0.29, 0.717) is 12.2 Å². The first-order valence-electron chi connectivity index (χ1n) is 8.96. The van der Waals surface area contributed by atoms with Crippen molar-refractivity contribution in [3.63, 3.8) is 0 Å². The van der Waals surface area contributed by atoms with Crippen molar-refractivity contribution >= 4 is 17.7 Å². The van der Waals surface area contributed by atoms with E-state index in [0.717, 1.165) is 36.1 Å². The van der Waals surface area contributed by atoms with Gasteiger partial charge in [0.1, 0.15) is 18.6 Å². The number of fused-ring (bicyclic) bond motifs is 1. The molecule has 0 spiro atoms. The number of aldehydes is 1. The summed E-state index contributed by atoms with van der Waals surface area (Å²) in [6, 6.07) is 12.9. The van der Waals surface area contributed by atoms with E-state index in [1.54, 1.807) is 0 Å². The third-order valence-electron chi connectivity index (χ3n) is 5.35. The highest BCUT2D eigenvalue weighted by Crippen LogP contribution is 2.47. The number of benzene rings is 2. The van der Waals surface area contributed by atoms with E-state index in [2.05, 4.69) is 23.1 Å². The van der Waals surface area contributed by atoms with E-state index in [4.69, 9.17) is 4.74 Å². The highest BCUT2D eigenvalue weighted by molar-refractivity contribution is 5.80. The van der Waals surface area contributed by atoms with E-state index >= 15 is 0 Å². The van der Waals surface area contributed by atoms with Crippen molar-refractivity contribution in [3.05, 3.63) is 53.1 Å². The molecule has 5 rings (SSSR count). The van der Waals surface area contributed by atoms with Crippen molar-refractivity contribution in [3.8, 4) is 5.75 Å². The summed E-state index contributed by atoms with van der Waals surface area (Å²) in [4.78, 5) is 13.4. The van der Waals surface area contributed by atoms with E-state index in [1.165, 1.54) is 42.5 Å². The number of nitrogens with zero attached hydrogens (tertiary/aromatic N) is 1. The molecule has 2 aromatic carbocycles. The largest absolute Gasteiger partial charge is 0.490 e. The Morgan fingerprint density at radius 3 is 2.29 bits per heavy atom. The quantitative estimate of drug-likeness (QED) is 0.759. The smallest absolute Gasteiger partial charge is 0.150 e. The average Bonchev–Trinajstić information content (AvgIpc) is 3.51. The fraction of sp³-hybridized carbons (Fsp3) is 0.381. The third-order valence-corrected chi connectivity index (χ3v) is 5.35. The maximum atomic E-state index is 11.0. The molecule has 0 unspecified atom stereocenters. The van der Waals surface area contributed by atoms with Crippen LogP contribution in [0.15, 0.2) is 36.4 Å². The molecule has 0 N–H and O–H groups in total. The van der Waals surface area contributed by atoms with Crippen molar-refractivity contribution in [1.82, 2.24) is 0 Å². The van der Waals surface area contributed by atoms with Gasteiger partial charge in [0.05, 0.1) is 12.2 Å². The zero-order valence-corrected chi connectivity index (χ0v) is 13.7. The molecule has 3 aliphatic rings. The minimum Gasteiger partial charge on any atom is -0.490 e. The Morgan fingerprint density at radius 1 is 0.958 bits per heavy atom. The number of anilines is 2. The van der Waals surface area contributed by atoms with Gasteiger partial charge in [-0.15, -0.1) is 0 Å². The van der Waals surface area contributed by atoms with Crippen molar-refractivity contribution < 1.29 is 9.53 Å². The second-order valence-electron chi connectivity index (χ2n) is 7.25. The number of rotatable bonds is 4. The van der Waals surface area contributed by atoms with Gasteiger partial charge in [0.25, 0.3) is 0 Å². The summed E-state index contributed by atoms with van der Waals surface area (Å²) >= 11 is 0. The summed E-state index contributed by atoms with van der Waals surface area (Å²) in [6.45, 7) is 1.51. The van der Waals surface area contributed by atoms with Gasteiger partial charge in [-0.25, -0.2) is 0 Å². The van der Waals surface area contributed by atoms with E-state index in [1.807, 2.05) is 18.2 Å². The van der Waals surface area contributed by atoms with Crippen molar-refractivity contribution in [2.24, 2.45) is 0 Å². The van der Waals surface area contributed by atoms with E-state index in [9.17, 15) is 4.79 Å². The maximum absolute atomic E-state index is 11.0. The summed E-state index contributed by atoms with van der Waals surface area (Å²) in [5.41, 5.74) is 6.03. The standard InChI is InChI=1S/C21H21NO2/c23-13-14-1-6-20-21(9-14)24-8-7-22(20)19-11-17(15-2-3-15)10-18(12-19)16-4-5-16/h1,6,9-13,15-16H,2-5,7-8H2. The summed E-state index contributed by atoms with van der Waals surface area (Å²) in [5, 5.41) is 0. The minimum atomic E-state index is 0.654. The number of hydrogen-bond acceptors (Lipinski definition) is 3. The fourth-order valence-corrected chi connectivity index (χ4v) is 3.70. The Balaban J connectivity index is 1.58. The topological polar surface area (TPSA) is 29.5 Å². The van der Waals surface area contributed by atoms with Gasteiger partial charge in [-0.3, -0.25) is 4.79 Å². The van der Waals surface area contributed by atoms with Gasteiger partial charge in [-0.1, -0.05) is 6.07 Å². The van der Waals surface area contributed by atoms with Gasteiger partial charge in [0.2, 0.25) is 0 Å². The molecule has 2 aromatic rings. The first-order chi connectivity index (χ1) is 11.8. The lowest BCUT2D eigenvalue weighted by Crippen LogP contribution is -2.28. The molecule has 0 atom stereocenters. The van der Waals surface area contributed by atoms with Crippen LogP contribution in [0.5, 0.6) is 5.75 Å². The van der Waals surface area contributed by atoms with Crippen molar-refractivity contribution in [1.29, 1.82) is 0 Å². The highest BCUT2D eigenvalue weighted by atomic mass is 16.5. The third kappa shape index (κ3) is 2.48. The van der Waals surface area contributed by atoms with Crippen molar-refractivity contribution in [2.75, 3.05) is 18.1 Å².